The minimum Gasteiger partial charge on any atom is -0.385 e. The molecule has 0 saturated heterocycles. The molecule has 3 rings (SSSR count). The van der Waals surface area contributed by atoms with Crippen molar-refractivity contribution < 1.29 is 18.0 Å². The van der Waals surface area contributed by atoms with Crippen molar-refractivity contribution in [2.24, 2.45) is 5.92 Å². The quantitative estimate of drug-likeness (QED) is 0.776. The molecule has 1 aliphatic carbocycles. The van der Waals surface area contributed by atoms with Crippen molar-refractivity contribution in [1.29, 1.82) is 0 Å². The third-order valence-corrected chi connectivity index (χ3v) is 6.75. The molecule has 9 nitrogen and oxygen atoms in total. The van der Waals surface area contributed by atoms with E-state index in [0.29, 0.717) is 17.0 Å². The van der Waals surface area contributed by atoms with Crippen LogP contribution in [0, 0.1) is 5.92 Å². The summed E-state index contributed by atoms with van der Waals surface area (Å²) in [5.74, 6) is 0.225. The molecule has 27 heavy (non-hydrogen) atoms. The number of amides is 1. The zero-order chi connectivity index (χ0) is 19.6. The molecular weight excluding hydrogens is 370 g/mol. The van der Waals surface area contributed by atoms with Crippen molar-refractivity contribution in [2.45, 2.75) is 43.5 Å². The van der Waals surface area contributed by atoms with Crippen LogP contribution in [0.2, 0.25) is 0 Å². The molecule has 148 valence electrons. The van der Waals surface area contributed by atoms with Crippen molar-refractivity contribution in [3.8, 4) is 0 Å². The van der Waals surface area contributed by atoms with E-state index in [0.717, 1.165) is 28.4 Å². The molecule has 1 fully saturated rings. The number of nitrogens with zero attached hydrogens (tertiary/aromatic N) is 4. The highest BCUT2D eigenvalue weighted by atomic mass is 32.2. The molecule has 0 bridgehead atoms. The van der Waals surface area contributed by atoms with E-state index in [1.807, 2.05) is 0 Å². The Labute approximate surface area is 158 Å². The lowest BCUT2D eigenvalue weighted by molar-refractivity contribution is -0.127. The first-order chi connectivity index (χ1) is 12.8. The molecule has 0 unspecified atom stereocenters. The molecule has 0 aliphatic heterocycles. The number of carbonyl (C=O) groups is 1. The van der Waals surface area contributed by atoms with Crippen LogP contribution in [0.15, 0.2) is 23.1 Å². The second-order valence-electron chi connectivity index (χ2n) is 7.11. The zero-order valence-corrected chi connectivity index (χ0v) is 16.6. The molecule has 1 heterocycles. The number of aromatic nitrogens is 3. The van der Waals surface area contributed by atoms with Crippen LogP contribution in [-0.2, 0) is 14.8 Å². The summed E-state index contributed by atoms with van der Waals surface area (Å²) in [5.41, 5.74) is 0.866. The van der Waals surface area contributed by atoms with Crippen LogP contribution in [0.1, 0.15) is 32.6 Å². The molecule has 2 atom stereocenters. The smallest absolute Gasteiger partial charge is 0.261 e. The Bertz CT molecular complexity index is 925. The maximum absolute atomic E-state index is 12.3. The van der Waals surface area contributed by atoms with Crippen molar-refractivity contribution in [1.82, 2.24) is 24.8 Å². The van der Waals surface area contributed by atoms with Gasteiger partial charge in [0.2, 0.25) is 10.0 Å². The van der Waals surface area contributed by atoms with Crippen LogP contribution in [0.3, 0.4) is 0 Å². The van der Waals surface area contributed by atoms with E-state index >= 15 is 0 Å². The lowest BCUT2D eigenvalue weighted by Gasteiger charge is -2.29. The molecule has 0 radical (unpaired) electrons. The Kier molecular flexibility index (Phi) is 5.66. The highest BCUT2D eigenvalue weighted by Gasteiger charge is 2.23. The van der Waals surface area contributed by atoms with Crippen LogP contribution < -0.4 is 10.2 Å². The minimum atomic E-state index is -3.59. The van der Waals surface area contributed by atoms with Gasteiger partial charge in [-0.1, -0.05) is 24.6 Å². The first-order valence-electron chi connectivity index (χ1n) is 8.99. The van der Waals surface area contributed by atoms with Crippen molar-refractivity contribution in [2.75, 3.05) is 20.7 Å². The molecule has 0 spiro atoms. The normalized spacial score (nSPS) is 20.7. The highest BCUT2D eigenvalue weighted by Crippen LogP contribution is 2.23. The Morgan fingerprint density at radius 3 is 2.78 bits per heavy atom. The molecule has 10 heteroatoms. The monoisotopic (exact) mass is 395 g/mol. The lowest BCUT2D eigenvalue weighted by Crippen LogP contribution is -2.43. The van der Waals surface area contributed by atoms with Gasteiger partial charge >= 0.3 is 0 Å². The molecule has 1 amide bonds. The number of nitrogens with one attached hydrogen (secondary N) is 1. The summed E-state index contributed by atoms with van der Waals surface area (Å²) in [7, 11) is -0.669. The van der Waals surface area contributed by atoms with Gasteiger partial charge < -0.3 is 10.2 Å². The maximum atomic E-state index is 12.3. The second-order valence-corrected chi connectivity index (χ2v) is 9.26. The number of sulfonamides is 1. The standard InChI is InChI=1S/C17H25N5O4S/c1-12-6-4-5-7-14(12)18-17(23)11-26-22-16-10-13(27(24,25)21(2)3)8-9-15(16)19-20-22/h8-10,12,14H,4-7,11H2,1-3H3,(H,18,23)/t12-,14+/m1/s1. The third-order valence-electron chi connectivity index (χ3n) is 4.94. The van der Waals surface area contributed by atoms with Gasteiger partial charge in [-0.15, -0.1) is 5.10 Å². The van der Waals surface area contributed by atoms with E-state index < -0.39 is 10.0 Å². The van der Waals surface area contributed by atoms with E-state index in [2.05, 4.69) is 22.6 Å². The summed E-state index contributed by atoms with van der Waals surface area (Å²) in [6, 6.07) is 4.63. The number of hydrogen-bond acceptors (Lipinski definition) is 6. The van der Waals surface area contributed by atoms with Gasteiger partial charge in [-0.05, 0) is 42.2 Å². The zero-order valence-electron chi connectivity index (χ0n) is 15.8. The SMILES string of the molecule is C[C@@H]1CCCC[C@@H]1NC(=O)COn1nnc2ccc(S(=O)(=O)N(C)C)cc21. The topological polar surface area (TPSA) is 106 Å². The summed E-state index contributed by atoms with van der Waals surface area (Å²) >= 11 is 0. The Morgan fingerprint density at radius 2 is 2.07 bits per heavy atom. The summed E-state index contributed by atoms with van der Waals surface area (Å²) in [4.78, 5) is 18.8. The number of hydrogen-bond donors (Lipinski definition) is 1. The largest absolute Gasteiger partial charge is 0.385 e. The first-order valence-corrected chi connectivity index (χ1v) is 10.4. The van der Waals surface area contributed by atoms with Gasteiger partial charge in [0, 0.05) is 20.1 Å². The fourth-order valence-corrected chi connectivity index (χ4v) is 4.17. The fraction of sp³-hybridized carbons (Fsp3) is 0.588. The van der Waals surface area contributed by atoms with Crippen LogP contribution in [0.5, 0.6) is 0 Å². The van der Waals surface area contributed by atoms with Gasteiger partial charge in [0.15, 0.2) is 6.61 Å². The Balaban J connectivity index is 1.70. The van der Waals surface area contributed by atoms with E-state index in [4.69, 9.17) is 4.84 Å². The number of benzene rings is 1. The average Bonchev–Trinajstić information content (AvgIpc) is 3.04. The van der Waals surface area contributed by atoms with Gasteiger partial charge in [0.1, 0.15) is 11.0 Å². The molecule has 1 aliphatic rings. The minimum absolute atomic E-state index is 0.104. The molecular formula is C17H25N5O4S. The van der Waals surface area contributed by atoms with Crippen LogP contribution >= 0.6 is 0 Å². The van der Waals surface area contributed by atoms with Crippen LogP contribution in [0.25, 0.3) is 11.0 Å². The summed E-state index contributed by atoms with van der Waals surface area (Å²) in [5, 5.41) is 10.8. The molecule has 1 aromatic carbocycles. The first kappa shape index (κ1) is 19.6. The number of rotatable bonds is 6. The summed E-state index contributed by atoms with van der Waals surface area (Å²) in [6.45, 7) is 1.93. The van der Waals surface area contributed by atoms with Gasteiger partial charge in [-0.2, -0.15) is 0 Å². The Morgan fingerprint density at radius 1 is 1.33 bits per heavy atom. The van der Waals surface area contributed by atoms with E-state index in [1.165, 1.54) is 32.6 Å². The van der Waals surface area contributed by atoms with Crippen LogP contribution in [0.4, 0.5) is 0 Å². The maximum Gasteiger partial charge on any atom is 0.261 e. The van der Waals surface area contributed by atoms with Crippen molar-refractivity contribution >= 4 is 27.0 Å². The second kappa shape index (κ2) is 7.81. The summed E-state index contributed by atoms with van der Waals surface area (Å²) in [6.07, 6.45) is 4.41. The van der Waals surface area contributed by atoms with Crippen molar-refractivity contribution in [3.05, 3.63) is 18.2 Å². The van der Waals surface area contributed by atoms with Crippen molar-refractivity contribution in [3.63, 3.8) is 0 Å². The van der Waals surface area contributed by atoms with Crippen LogP contribution in [-0.4, -0.2) is 60.5 Å². The predicted octanol–water partition coefficient (Wildman–Crippen LogP) is 0.805. The fourth-order valence-electron chi connectivity index (χ4n) is 3.24. The van der Waals surface area contributed by atoms with E-state index in [1.54, 1.807) is 6.07 Å². The molecule has 1 aromatic heterocycles. The highest BCUT2D eigenvalue weighted by molar-refractivity contribution is 7.89. The van der Waals surface area contributed by atoms with Gasteiger partial charge in [-0.3, -0.25) is 4.79 Å². The van der Waals surface area contributed by atoms with E-state index in [-0.39, 0.29) is 23.5 Å². The molecule has 2 aromatic rings. The lowest BCUT2D eigenvalue weighted by atomic mass is 9.86. The molecule has 1 saturated carbocycles. The number of fused-ring (bicyclic) bond motifs is 1. The number of carbonyl (C=O) groups excluding carboxylic acids is 1. The Hall–Kier alpha value is -2.20. The molecule has 1 N–H and O–H groups in total. The van der Waals surface area contributed by atoms with E-state index in [9.17, 15) is 13.2 Å². The third kappa shape index (κ3) is 4.22. The van der Waals surface area contributed by atoms with Gasteiger partial charge in [0.25, 0.3) is 5.91 Å². The predicted molar refractivity (Wildman–Crippen MR) is 99.4 cm³/mol. The average molecular weight is 395 g/mol. The van der Waals surface area contributed by atoms with Gasteiger partial charge in [-0.25, -0.2) is 12.7 Å². The summed E-state index contributed by atoms with van der Waals surface area (Å²) < 4.78 is 25.7. The van der Waals surface area contributed by atoms with Gasteiger partial charge in [0.05, 0.1) is 4.90 Å².